The SMILES string of the molecule is C[N+]1(CC2=C(C(=O)O)N3C(=O)C(NC(=O)/C=N\OCc4csc(N)n4)[C@H]3SC2)CCc2cc(O)c(O)cc2C1. The maximum absolute atomic E-state index is 13.0. The van der Waals surface area contributed by atoms with E-state index in [2.05, 4.69) is 15.5 Å². The zero-order chi connectivity index (χ0) is 27.9. The van der Waals surface area contributed by atoms with E-state index in [1.54, 1.807) is 17.5 Å². The molecule has 3 aliphatic heterocycles. The zero-order valence-corrected chi connectivity index (χ0v) is 22.5. The molecule has 1 saturated heterocycles. The van der Waals surface area contributed by atoms with Crippen molar-refractivity contribution in [3.8, 4) is 11.5 Å². The van der Waals surface area contributed by atoms with Crippen molar-refractivity contribution in [1.82, 2.24) is 15.2 Å². The number of carbonyl (C=O) groups is 3. The van der Waals surface area contributed by atoms with Gasteiger partial charge >= 0.3 is 5.97 Å². The molecule has 39 heavy (non-hydrogen) atoms. The molecule has 0 saturated carbocycles. The Hall–Kier alpha value is -3.82. The maximum atomic E-state index is 13.0. The van der Waals surface area contributed by atoms with Crippen LogP contribution in [0.25, 0.3) is 0 Å². The average molecular weight is 576 g/mol. The molecular weight excluding hydrogens is 548 g/mol. The number of β-lactam (4-membered cyclic amide) rings is 1. The number of anilines is 1. The number of rotatable bonds is 8. The first-order valence-corrected chi connectivity index (χ1v) is 13.9. The van der Waals surface area contributed by atoms with Gasteiger partial charge in [-0.15, -0.1) is 23.1 Å². The van der Waals surface area contributed by atoms with Crippen LogP contribution in [-0.2, 0) is 38.8 Å². The number of aromatic hydroxyl groups is 2. The van der Waals surface area contributed by atoms with E-state index in [4.69, 9.17) is 10.6 Å². The van der Waals surface area contributed by atoms with Gasteiger partial charge in [-0.2, -0.15) is 0 Å². The molecule has 13 nitrogen and oxygen atoms in total. The number of hydrogen-bond acceptors (Lipinski definition) is 11. The molecule has 2 amide bonds. The Balaban J connectivity index is 1.23. The summed E-state index contributed by atoms with van der Waals surface area (Å²) in [6.07, 6.45) is 1.57. The smallest absolute Gasteiger partial charge is 0.352 e. The van der Waals surface area contributed by atoms with Crippen molar-refractivity contribution in [3.05, 3.63) is 45.6 Å². The quantitative estimate of drug-likeness (QED) is 0.0979. The molecule has 0 radical (unpaired) electrons. The van der Waals surface area contributed by atoms with Gasteiger partial charge in [0.25, 0.3) is 11.8 Å². The minimum atomic E-state index is -1.20. The molecule has 206 valence electrons. The van der Waals surface area contributed by atoms with Crippen molar-refractivity contribution in [2.24, 2.45) is 5.16 Å². The number of likely N-dealkylation sites (N-methyl/N-ethyl adjacent to an activating group) is 1. The molecule has 5 rings (SSSR count). The van der Waals surface area contributed by atoms with E-state index < -0.39 is 29.2 Å². The van der Waals surface area contributed by atoms with Crippen LogP contribution in [0.2, 0.25) is 0 Å². The fourth-order valence-electron chi connectivity index (χ4n) is 5.09. The van der Waals surface area contributed by atoms with E-state index in [9.17, 15) is 29.7 Å². The summed E-state index contributed by atoms with van der Waals surface area (Å²) in [5, 5.41) is 37.5. The fraction of sp³-hybridized carbons (Fsp3) is 0.375. The third-order valence-electron chi connectivity index (χ3n) is 6.92. The molecule has 1 aromatic carbocycles. The highest BCUT2D eigenvalue weighted by molar-refractivity contribution is 8.00. The normalized spacial score (nSPS) is 24.2. The second kappa shape index (κ2) is 10.4. The second-order valence-corrected chi connectivity index (χ2v) is 11.9. The Morgan fingerprint density at radius 2 is 2.08 bits per heavy atom. The van der Waals surface area contributed by atoms with E-state index in [1.807, 2.05) is 7.05 Å². The van der Waals surface area contributed by atoms with Gasteiger partial charge in [0.2, 0.25) is 0 Å². The highest BCUT2D eigenvalue weighted by atomic mass is 32.2. The fourth-order valence-corrected chi connectivity index (χ4v) is 6.98. The van der Waals surface area contributed by atoms with Gasteiger partial charge in [0, 0.05) is 28.7 Å². The van der Waals surface area contributed by atoms with Gasteiger partial charge in [-0.05, 0) is 17.7 Å². The molecule has 4 heterocycles. The number of phenolic OH excluding ortho intramolecular Hbond substituents is 2. The van der Waals surface area contributed by atoms with Crippen LogP contribution in [0.1, 0.15) is 16.8 Å². The Morgan fingerprint density at radius 3 is 2.77 bits per heavy atom. The number of thioether (sulfide) groups is 1. The van der Waals surface area contributed by atoms with Crippen LogP contribution >= 0.6 is 23.1 Å². The lowest BCUT2D eigenvalue weighted by Crippen LogP contribution is -2.71. The van der Waals surface area contributed by atoms with Crippen molar-refractivity contribution >= 4 is 52.2 Å². The van der Waals surface area contributed by atoms with E-state index >= 15 is 0 Å². The van der Waals surface area contributed by atoms with Gasteiger partial charge in [0.05, 0.1) is 19.3 Å². The van der Waals surface area contributed by atoms with E-state index in [-0.39, 0.29) is 23.8 Å². The van der Waals surface area contributed by atoms with Crippen LogP contribution in [0, 0.1) is 0 Å². The number of nitrogens with zero attached hydrogens (tertiary/aromatic N) is 4. The number of carboxylic acids is 1. The Morgan fingerprint density at radius 1 is 1.33 bits per heavy atom. The number of aromatic nitrogens is 1. The number of aliphatic carboxylic acids is 1. The summed E-state index contributed by atoms with van der Waals surface area (Å²) in [5.74, 6) is -2.31. The van der Waals surface area contributed by atoms with Crippen LogP contribution < -0.4 is 11.1 Å². The molecule has 2 aromatic rings. The number of carboxylic acid groups (broad SMARTS) is 1. The van der Waals surface area contributed by atoms with E-state index in [1.165, 1.54) is 28.0 Å². The lowest BCUT2D eigenvalue weighted by Gasteiger charge is -2.50. The summed E-state index contributed by atoms with van der Waals surface area (Å²) >= 11 is 2.65. The van der Waals surface area contributed by atoms with Crippen molar-refractivity contribution in [2.45, 2.75) is 31.0 Å². The number of oxime groups is 1. The number of phenols is 2. The van der Waals surface area contributed by atoms with Crippen molar-refractivity contribution in [1.29, 1.82) is 0 Å². The Labute approximate surface area is 231 Å². The van der Waals surface area contributed by atoms with E-state index in [0.717, 1.165) is 17.3 Å². The standard InChI is InChI=1S/C24H26N6O7S2/c1-30(3-2-12-4-16(31)17(32)5-13(12)7-30)8-14-10-38-22-19(21(34)29(22)20(14)23(35)36)28-18(33)6-26-37-9-15-11-39-24(25)27-15/h4-6,11,19,22H,2-3,7-10H2,1H3,(H5-,25,26,27,28,31,32,33,35,36)/p+1/t19?,22-,30?/m1/s1. The number of thiazole rings is 1. The number of hydrogen-bond donors (Lipinski definition) is 5. The number of quaternary nitrogens is 1. The topological polar surface area (TPSA) is 188 Å². The second-order valence-electron chi connectivity index (χ2n) is 9.86. The van der Waals surface area contributed by atoms with Crippen molar-refractivity contribution in [2.75, 3.05) is 31.6 Å². The molecule has 2 unspecified atom stereocenters. The van der Waals surface area contributed by atoms with Gasteiger partial charge in [-0.1, -0.05) is 5.16 Å². The highest BCUT2D eigenvalue weighted by Gasteiger charge is 2.54. The first-order chi connectivity index (χ1) is 18.5. The van der Waals surface area contributed by atoms with E-state index in [0.29, 0.717) is 52.7 Å². The predicted molar refractivity (Wildman–Crippen MR) is 143 cm³/mol. The maximum Gasteiger partial charge on any atom is 0.352 e. The molecule has 6 N–H and O–H groups in total. The Kier molecular flexibility index (Phi) is 7.13. The van der Waals surface area contributed by atoms with Crippen LogP contribution in [-0.4, -0.2) is 91.0 Å². The summed E-state index contributed by atoms with van der Waals surface area (Å²) in [7, 11) is 2.00. The molecule has 0 bridgehead atoms. The molecule has 3 atom stereocenters. The van der Waals surface area contributed by atoms with Crippen LogP contribution in [0.4, 0.5) is 5.13 Å². The number of nitrogens with two attached hydrogens (primary N) is 1. The molecule has 15 heteroatoms. The molecule has 0 spiro atoms. The number of amides is 2. The highest BCUT2D eigenvalue weighted by Crippen LogP contribution is 2.42. The molecule has 1 aromatic heterocycles. The molecule has 1 fully saturated rings. The number of nitrogen functional groups attached to an aromatic ring is 1. The van der Waals surface area contributed by atoms with Crippen molar-refractivity contribution < 1.29 is 39.0 Å². The summed E-state index contributed by atoms with van der Waals surface area (Å²) in [4.78, 5) is 47.8. The monoisotopic (exact) mass is 575 g/mol. The van der Waals surface area contributed by atoms with Gasteiger partial charge in [0.1, 0.15) is 36.4 Å². The Bertz CT molecular complexity index is 1410. The summed E-state index contributed by atoms with van der Waals surface area (Å²) in [6, 6.07) is 2.23. The lowest BCUT2D eigenvalue weighted by atomic mass is 9.96. The third-order valence-corrected chi connectivity index (χ3v) is 8.98. The van der Waals surface area contributed by atoms with Gasteiger partial charge < -0.3 is 35.7 Å². The van der Waals surface area contributed by atoms with Crippen LogP contribution in [0.5, 0.6) is 11.5 Å². The number of fused-ring (bicyclic) bond motifs is 2. The predicted octanol–water partition coefficient (Wildman–Crippen LogP) is 0.580. The van der Waals surface area contributed by atoms with Gasteiger partial charge in [-0.25, -0.2) is 9.78 Å². The number of nitrogens with one attached hydrogen (secondary N) is 1. The first kappa shape index (κ1) is 26.8. The molecular formula is C24H27N6O7S2+. The largest absolute Gasteiger partial charge is 0.504 e. The average Bonchev–Trinajstić information content (AvgIpc) is 3.30. The van der Waals surface area contributed by atoms with Gasteiger partial charge in [0.15, 0.2) is 23.2 Å². The summed E-state index contributed by atoms with van der Waals surface area (Å²) < 4.78 is 0.487. The lowest BCUT2D eigenvalue weighted by molar-refractivity contribution is -0.920. The zero-order valence-electron chi connectivity index (χ0n) is 20.9. The minimum Gasteiger partial charge on any atom is -0.504 e. The van der Waals surface area contributed by atoms with Crippen LogP contribution in [0.3, 0.4) is 0 Å². The molecule has 3 aliphatic rings. The van der Waals surface area contributed by atoms with Crippen molar-refractivity contribution in [3.63, 3.8) is 0 Å². The number of benzene rings is 1. The summed E-state index contributed by atoms with van der Waals surface area (Å²) in [5.41, 5.74) is 8.54. The third kappa shape index (κ3) is 5.37. The summed E-state index contributed by atoms with van der Waals surface area (Å²) in [6.45, 7) is 1.68. The van der Waals surface area contributed by atoms with Crippen LogP contribution in [0.15, 0.2) is 33.9 Å². The van der Waals surface area contributed by atoms with Gasteiger partial charge in [-0.3, -0.25) is 14.5 Å². The minimum absolute atomic E-state index is 0.0360. The number of carbonyl (C=O) groups excluding carboxylic acids is 2. The molecule has 0 aliphatic carbocycles. The first-order valence-electron chi connectivity index (χ1n) is 12.0.